The van der Waals surface area contributed by atoms with Gasteiger partial charge in [0.1, 0.15) is 5.82 Å². The van der Waals surface area contributed by atoms with Crippen LogP contribution in [-0.2, 0) is 18.4 Å². The van der Waals surface area contributed by atoms with E-state index in [-0.39, 0.29) is 11.7 Å². The van der Waals surface area contributed by atoms with Crippen LogP contribution in [0.5, 0.6) is 0 Å². The number of halogens is 1. The smallest absolute Gasteiger partial charge is 0.248 e. The molecule has 0 aliphatic heterocycles. The van der Waals surface area contributed by atoms with Crippen molar-refractivity contribution in [2.24, 2.45) is 7.05 Å². The molecular formula is C27H22FN5O. The number of aromatic nitrogens is 4. The summed E-state index contributed by atoms with van der Waals surface area (Å²) in [6.45, 7) is 0.649. The van der Waals surface area contributed by atoms with Crippen LogP contribution in [0.2, 0.25) is 0 Å². The van der Waals surface area contributed by atoms with E-state index >= 15 is 0 Å². The molecule has 0 aliphatic carbocycles. The lowest BCUT2D eigenvalue weighted by atomic mass is 10.1. The first-order valence-electron chi connectivity index (χ1n) is 10.8. The molecule has 7 heteroatoms. The number of carbonyl (C=O) groups excluding carboxylic acids is 1. The van der Waals surface area contributed by atoms with Gasteiger partial charge >= 0.3 is 0 Å². The largest absolute Gasteiger partial charge is 0.323 e. The SMILES string of the molecule is Cn1ncc(/C=C/C(=O)Nc2ccc(Cn3cc4ccccc4n3)cc2)c1-c1ccc(F)cc1. The lowest BCUT2D eigenvalue weighted by Crippen LogP contribution is -2.08. The standard InChI is InChI=1S/C27H22FN5O/c1-32-27(20-8-11-23(28)12-9-20)21(16-29-32)10-15-26(34)30-24-13-6-19(7-14-24)17-33-18-22-4-2-3-5-25(22)31-33/h2-16,18H,17H2,1H3,(H,30,34)/b15-10+. The van der Waals surface area contributed by atoms with Crippen LogP contribution in [0.4, 0.5) is 10.1 Å². The van der Waals surface area contributed by atoms with Crippen LogP contribution in [0.3, 0.4) is 0 Å². The third-order valence-electron chi connectivity index (χ3n) is 5.53. The number of fused-ring (bicyclic) bond motifs is 1. The number of benzene rings is 3. The van der Waals surface area contributed by atoms with Crippen molar-refractivity contribution in [3.05, 3.63) is 108 Å². The molecule has 0 spiro atoms. The second kappa shape index (κ2) is 9.15. The van der Waals surface area contributed by atoms with Crippen molar-refractivity contribution in [1.82, 2.24) is 19.6 Å². The normalized spacial score (nSPS) is 11.4. The van der Waals surface area contributed by atoms with Crippen LogP contribution < -0.4 is 5.32 Å². The number of amides is 1. The van der Waals surface area contributed by atoms with Crippen molar-refractivity contribution in [2.45, 2.75) is 6.54 Å². The molecule has 0 radical (unpaired) electrons. The summed E-state index contributed by atoms with van der Waals surface area (Å²) in [5.74, 6) is -0.550. The molecule has 5 rings (SSSR count). The molecule has 3 aromatic carbocycles. The molecule has 34 heavy (non-hydrogen) atoms. The Labute approximate surface area is 196 Å². The molecule has 0 saturated heterocycles. The quantitative estimate of drug-likeness (QED) is 0.358. The second-order valence-electron chi connectivity index (χ2n) is 7.98. The minimum atomic E-state index is -0.300. The van der Waals surface area contributed by atoms with E-state index in [1.165, 1.54) is 18.2 Å². The average Bonchev–Trinajstić information content (AvgIpc) is 3.42. The van der Waals surface area contributed by atoms with Gasteiger partial charge in [0.15, 0.2) is 0 Å². The highest BCUT2D eigenvalue weighted by Crippen LogP contribution is 2.24. The number of hydrogen-bond acceptors (Lipinski definition) is 3. The number of hydrogen-bond donors (Lipinski definition) is 1. The zero-order valence-electron chi connectivity index (χ0n) is 18.5. The summed E-state index contributed by atoms with van der Waals surface area (Å²) >= 11 is 0. The summed E-state index contributed by atoms with van der Waals surface area (Å²) in [6.07, 6.45) is 6.87. The minimum absolute atomic E-state index is 0.250. The van der Waals surface area contributed by atoms with Crippen molar-refractivity contribution in [3.8, 4) is 11.3 Å². The summed E-state index contributed by atoms with van der Waals surface area (Å²) in [7, 11) is 1.81. The predicted octanol–water partition coefficient (Wildman–Crippen LogP) is 5.28. The topological polar surface area (TPSA) is 64.7 Å². The molecule has 0 aliphatic rings. The molecule has 0 unspecified atom stereocenters. The van der Waals surface area contributed by atoms with Gasteiger partial charge in [0, 0.05) is 41.5 Å². The maximum atomic E-state index is 13.3. The third kappa shape index (κ3) is 4.63. The van der Waals surface area contributed by atoms with Gasteiger partial charge < -0.3 is 5.32 Å². The van der Waals surface area contributed by atoms with Crippen molar-refractivity contribution < 1.29 is 9.18 Å². The molecule has 1 amide bonds. The Kier molecular flexibility index (Phi) is 5.74. The highest BCUT2D eigenvalue weighted by Gasteiger charge is 2.10. The maximum Gasteiger partial charge on any atom is 0.248 e. The molecular weight excluding hydrogens is 429 g/mol. The number of rotatable bonds is 6. The van der Waals surface area contributed by atoms with Gasteiger partial charge in [-0.1, -0.05) is 30.3 Å². The van der Waals surface area contributed by atoms with Crippen LogP contribution in [0.15, 0.2) is 91.3 Å². The molecule has 5 aromatic rings. The third-order valence-corrected chi connectivity index (χ3v) is 5.53. The van der Waals surface area contributed by atoms with Gasteiger partial charge in [0.05, 0.1) is 24.0 Å². The molecule has 1 N–H and O–H groups in total. The van der Waals surface area contributed by atoms with Crippen LogP contribution in [0.1, 0.15) is 11.1 Å². The fourth-order valence-electron chi connectivity index (χ4n) is 3.86. The fraction of sp³-hybridized carbons (Fsp3) is 0.0741. The van der Waals surface area contributed by atoms with E-state index in [9.17, 15) is 9.18 Å². The predicted molar refractivity (Wildman–Crippen MR) is 132 cm³/mol. The Balaban J connectivity index is 1.24. The summed E-state index contributed by atoms with van der Waals surface area (Å²) in [6, 6.07) is 21.9. The molecule has 0 saturated carbocycles. The number of nitrogens with one attached hydrogen (secondary N) is 1. The van der Waals surface area contributed by atoms with Gasteiger partial charge in [-0.25, -0.2) is 4.39 Å². The monoisotopic (exact) mass is 451 g/mol. The summed E-state index contributed by atoms with van der Waals surface area (Å²) in [5.41, 5.74) is 5.15. The number of anilines is 1. The fourth-order valence-corrected chi connectivity index (χ4v) is 3.86. The summed E-state index contributed by atoms with van der Waals surface area (Å²) in [4.78, 5) is 12.5. The molecule has 2 aromatic heterocycles. The zero-order valence-corrected chi connectivity index (χ0v) is 18.5. The Morgan fingerprint density at radius 2 is 1.79 bits per heavy atom. The highest BCUT2D eigenvalue weighted by atomic mass is 19.1. The van der Waals surface area contributed by atoms with Gasteiger partial charge in [0.2, 0.25) is 5.91 Å². The van der Waals surface area contributed by atoms with Crippen molar-refractivity contribution in [1.29, 1.82) is 0 Å². The molecule has 6 nitrogen and oxygen atoms in total. The zero-order chi connectivity index (χ0) is 23.5. The number of carbonyl (C=O) groups is 1. The Morgan fingerprint density at radius 3 is 2.56 bits per heavy atom. The first kappa shape index (κ1) is 21.3. The highest BCUT2D eigenvalue weighted by molar-refractivity contribution is 6.02. The van der Waals surface area contributed by atoms with E-state index in [4.69, 9.17) is 0 Å². The van der Waals surface area contributed by atoms with E-state index in [1.54, 1.807) is 29.1 Å². The summed E-state index contributed by atoms with van der Waals surface area (Å²) < 4.78 is 16.9. The molecule has 2 heterocycles. The lowest BCUT2D eigenvalue weighted by molar-refractivity contribution is -0.111. The van der Waals surface area contributed by atoms with E-state index in [0.29, 0.717) is 12.2 Å². The van der Waals surface area contributed by atoms with Crippen molar-refractivity contribution >= 4 is 28.6 Å². The van der Waals surface area contributed by atoms with E-state index < -0.39 is 0 Å². The Morgan fingerprint density at radius 1 is 1.03 bits per heavy atom. The summed E-state index contributed by atoms with van der Waals surface area (Å²) in [5, 5.41) is 12.8. The van der Waals surface area contributed by atoms with Crippen LogP contribution in [-0.4, -0.2) is 25.5 Å². The van der Waals surface area contributed by atoms with Gasteiger partial charge in [-0.05, 0) is 54.1 Å². The maximum absolute atomic E-state index is 13.3. The molecule has 0 atom stereocenters. The Hall–Kier alpha value is -4.52. The van der Waals surface area contributed by atoms with E-state index in [1.807, 2.05) is 66.5 Å². The number of aryl methyl sites for hydroxylation is 1. The van der Waals surface area contributed by atoms with Crippen LogP contribution in [0, 0.1) is 5.82 Å². The van der Waals surface area contributed by atoms with E-state index in [0.717, 1.165) is 33.3 Å². The van der Waals surface area contributed by atoms with Crippen LogP contribution >= 0.6 is 0 Å². The second-order valence-corrected chi connectivity index (χ2v) is 7.98. The molecule has 168 valence electrons. The van der Waals surface area contributed by atoms with E-state index in [2.05, 4.69) is 15.5 Å². The van der Waals surface area contributed by atoms with Gasteiger partial charge in [-0.3, -0.25) is 14.2 Å². The Bertz CT molecular complexity index is 1450. The van der Waals surface area contributed by atoms with Gasteiger partial charge in [0.25, 0.3) is 0 Å². The average molecular weight is 452 g/mol. The number of nitrogens with zero attached hydrogens (tertiary/aromatic N) is 4. The van der Waals surface area contributed by atoms with Gasteiger partial charge in [-0.2, -0.15) is 10.2 Å². The minimum Gasteiger partial charge on any atom is -0.323 e. The first-order chi connectivity index (χ1) is 16.5. The molecule has 0 bridgehead atoms. The molecule has 0 fully saturated rings. The lowest BCUT2D eigenvalue weighted by Gasteiger charge is -2.06. The van der Waals surface area contributed by atoms with Gasteiger partial charge in [-0.15, -0.1) is 0 Å². The van der Waals surface area contributed by atoms with Crippen molar-refractivity contribution in [2.75, 3.05) is 5.32 Å². The first-order valence-corrected chi connectivity index (χ1v) is 10.8. The van der Waals surface area contributed by atoms with Crippen LogP contribution in [0.25, 0.3) is 28.2 Å². The van der Waals surface area contributed by atoms with Crippen molar-refractivity contribution in [3.63, 3.8) is 0 Å².